The lowest BCUT2D eigenvalue weighted by atomic mass is 10.1. The van der Waals surface area contributed by atoms with E-state index in [1.807, 2.05) is 37.4 Å². The van der Waals surface area contributed by atoms with Gasteiger partial charge in [-0.2, -0.15) is 0 Å². The second-order valence-corrected chi connectivity index (χ2v) is 3.55. The van der Waals surface area contributed by atoms with E-state index in [1.54, 1.807) is 0 Å². The molecular formula is C12H14N2O2. The highest BCUT2D eigenvalue weighted by atomic mass is 16.5. The molecule has 0 saturated heterocycles. The number of carbonyl (C=O) groups excluding carboxylic acids is 1. The van der Waals surface area contributed by atoms with Gasteiger partial charge in [0.15, 0.2) is 6.61 Å². The van der Waals surface area contributed by atoms with E-state index in [-0.39, 0.29) is 12.5 Å². The van der Waals surface area contributed by atoms with Crippen LogP contribution in [0.4, 0.5) is 5.69 Å². The minimum atomic E-state index is -0.106. The first-order valence-electron chi connectivity index (χ1n) is 5.17. The van der Waals surface area contributed by atoms with Gasteiger partial charge in [0, 0.05) is 6.54 Å². The average Bonchev–Trinajstić information content (AvgIpc) is 2.29. The maximum Gasteiger partial charge on any atom is 0.262 e. The van der Waals surface area contributed by atoms with Gasteiger partial charge >= 0.3 is 0 Å². The van der Waals surface area contributed by atoms with Crippen LogP contribution in [-0.2, 0) is 4.79 Å². The van der Waals surface area contributed by atoms with Gasteiger partial charge < -0.3 is 15.4 Å². The number of amides is 1. The van der Waals surface area contributed by atoms with Crippen molar-refractivity contribution in [3.8, 4) is 5.75 Å². The van der Waals surface area contributed by atoms with Crippen LogP contribution in [-0.4, -0.2) is 26.1 Å². The summed E-state index contributed by atoms with van der Waals surface area (Å²) in [4.78, 5) is 11.1. The minimum Gasteiger partial charge on any atom is -0.482 e. The Morgan fingerprint density at radius 1 is 1.56 bits per heavy atom. The fourth-order valence-corrected chi connectivity index (χ4v) is 1.51. The second-order valence-electron chi connectivity index (χ2n) is 3.55. The number of rotatable bonds is 3. The van der Waals surface area contributed by atoms with Gasteiger partial charge in [0.1, 0.15) is 5.75 Å². The molecule has 1 amide bonds. The van der Waals surface area contributed by atoms with Crippen LogP contribution >= 0.6 is 0 Å². The van der Waals surface area contributed by atoms with E-state index >= 15 is 0 Å². The molecule has 0 atom stereocenters. The van der Waals surface area contributed by atoms with Gasteiger partial charge in [0.2, 0.25) is 0 Å². The first-order chi connectivity index (χ1) is 7.79. The van der Waals surface area contributed by atoms with Gasteiger partial charge in [0.05, 0.1) is 5.69 Å². The third-order valence-electron chi connectivity index (χ3n) is 2.27. The van der Waals surface area contributed by atoms with Crippen LogP contribution in [0.5, 0.6) is 5.75 Å². The van der Waals surface area contributed by atoms with Gasteiger partial charge in [-0.3, -0.25) is 4.79 Å². The molecule has 0 saturated carbocycles. The van der Waals surface area contributed by atoms with Crippen molar-refractivity contribution in [1.29, 1.82) is 0 Å². The topological polar surface area (TPSA) is 50.4 Å². The van der Waals surface area contributed by atoms with Crippen molar-refractivity contribution >= 4 is 17.7 Å². The molecule has 1 aromatic carbocycles. The molecule has 1 aromatic rings. The van der Waals surface area contributed by atoms with E-state index in [0.717, 1.165) is 23.5 Å². The molecule has 0 bridgehead atoms. The van der Waals surface area contributed by atoms with Crippen molar-refractivity contribution in [3.63, 3.8) is 0 Å². The fourth-order valence-electron chi connectivity index (χ4n) is 1.51. The SMILES string of the molecule is CNCC=Cc1ccc2c(c1)OCC(=O)N2. The van der Waals surface area contributed by atoms with E-state index in [9.17, 15) is 4.79 Å². The molecule has 0 fully saturated rings. The van der Waals surface area contributed by atoms with Gasteiger partial charge in [-0.05, 0) is 24.7 Å². The summed E-state index contributed by atoms with van der Waals surface area (Å²) in [6, 6.07) is 5.71. The Morgan fingerprint density at radius 3 is 3.25 bits per heavy atom. The van der Waals surface area contributed by atoms with Crippen LogP contribution in [0.1, 0.15) is 5.56 Å². The zero-order chi connectivity index (χ0) is 11.4. The molecule has 0 aromatic heterocycles. The van der Waals surface area contributed by atoms with Crippen molar-refractivity contribution in [2.75, 3.05) is 25.5 Å². The number of hydrogen-bond donors (Lipinski definition) is 2. The van der Waals surface area contributed by atoms with E-state index in [0.29, 0.717) is 0 Å². The number of ether oxygens (including phenoxy) is 1. The quantitative estimate of drug-likeness (QED) is 0.802. The Kier molecular flexibility index (Phi) is 3.22. The number of hydrogen-bond acceptors (Lipinski definition) is 3. The zero-order valence-corrected chi connectivity index (χ0v) is 9.12. The molecule has 0 spiro atoms. The van der Waals surface area contributed by atoms with Gasteiger partial charge in [-0.25, -0.2) is 0 Å². The highest BCUT2D eigenvalue weighted by Crippen LogP contribution is 2.28. The Labute approximate surface area is 94.3 Å². The molecule has 4 nitrogen and oxygen atoms in total. The Morgan fingerprint density at radius 2 is 2.44 bits per heavy atom. The second kappa shape index (κ2) is 4.81. The molecule has 2 rings (SSSR count). The largest absolute Gasteiger partial charge is 0.482 e. The summed E-state index contributed by atoms with van der Waals surface area (Å²) in [6.45, 7) is 0.922. The monoisotopic (exact) mass is 218 g/mol. The van der Waals surface area contributed by atoms with Crippen LogP contribution < -0.4 is 15.4 Å². The van der Waals surface area contributed by atoms with Crippen LogP contribution in [0.2, 0.25) is 0 Å². The molecule has 84 valence electrons. The summed E-state index contributed by atoms with van der Waals surface area (Å²) < 4.78 is 5.32. The molecule has 2 N–H and O–H groups in total. The third kappa shape index (κ3) is 2.41. The van der Waals surface area contributed by atoms with Crippen LogP contribution in [0, 0.1) is 0 Å². The molecule has 16 heavy (non-hydrogen) atoms. The maximum absolute atomic E-state index is 11.1. The number of fused-ring (bicyclic) bond motifs is 1. The zero-order valence-electron chi connectivity index (χ0n) is 9.12. The van der Waals surface area contributed by atoms with Gasteiger partial charge in [-0.1, -0.05) is 18.2 Å². The lowest BCUT2D eigenvalue weighted by molar-refractivity contribution is -0.118. The van der Waals surface area contributed by atoms with E-state index < -0.39 is 0 Å². The molecule has 4 heteroatoms. The van der Waals surface area contributed by atoms with Crippen molar-refractivity contribution < 1.29 is 9.53 Å². The standard InChI is InChI=1S/C12H14N2O2/c1-13-6-2-3-9-4-5-10-11(7-9)16-8-12(15)14-10/h2-5,7,13H,6,8H2,1H3,(H,14,15). The number of benzene rings is 1. The minimum absolute atomic E-state index is 0.0939. The summed E-state index contributed by atoms with van der Waals surface area (Å²) >= 11 is 0. The summed E-state index contributed by atoms with van der Waals surface area (Å²) in [7, 11) is 1.90. The number of carbonyl (C=O) groups is 1. The molecule has 1 aliphatic rings. The van der Waals surface area contributed by atoms with E-state index in [1.165, 1.54) is 0 Å². The Hall–Kier alpha value is -1.81. The first kappa shape index (κ1) is 10.7. The van der Waals surface area contributed by atoms with Crippen LogP contribution in [0.15, 0.2) is 24.3 Å². The normalized spacial score (nSPS) is 14.4. The third-order valence-corrected chi connectivity index (χ3v) is 2.27. The fraction of sp³-hybridized carbons (Fsp3) is 0.250. The number of nitrogens with one attached hydrogen (secondary N) is 2. The molecule has 0 aliphatic carbocycles. The Balaban J connectivity index is 2.16. The molecule has 0 unspecified atom stereocenters. The first-order valence-corrected chi connectivity index (χ1v) is 5.17. The van der Waals surface area contributed by atoms with E-state index in [4.69, 9.17) is 4.74 Å². The molecule has 0 radical (unpaired) electrons. The van der Waals surface area contributed by atoms with Crippen molar-refractivity contribution in [2.24, 2.45) is 0 Å². The summed E-state index contributed by atoms with van der Waals surface area (Å²) in [5.74, 6) is 0.622. The predicted octanol–water partition coefficient (Wildman–Crippen LogP) is 1.25. The Bertz CT molecular complexity index is 427. The van der Waals surface area contributed by atoms with Gasteiger partial charge in [0.25, 0.3) is 5.91 Å². The maximum atomic E-state index is 11.1. The number of anilines is 1. The smallest absolute Gasteiger partial charge is 0.262 e. The van der Waals surface area contributed by atoms with Crippen LogP contribution in [0.25, 0.3) is 6.08 Å². The van der Waals surface area contributed by atoms with Gasteiger partial charge in [-0.15, -0.1) is 0 Å². The summed E-state index contributed by atoms with van der Waals surface area (Å²) in [5, 5.41) is 5.78. The number of likely N-dealkylation sites (N-methyl/N-ethyl adjacent to an activating group) is 1. The highest BCUT2D eigenvalue weighted by molar-refractivity contribution is 5.95. The lowest BCUT2D eigenvalue weighted by Gasteiger charge is -2.17. The summed E-state index contributed by atoms with van der Waals surface area (Å²) in [5.41, 5.74) is 1.80. The molecular weight excluding hydrogens is 204 g/mol. The molecule has 1 aliphatic heterocycles. The predicted molar refractivity (Wildman–Crippen MR) is 63.5 cm³/mol. The van der Waals surface area contributed by atoms with E-state index in [2.05, 4.69) is 10.6 Å². The average molecular weight is 218 g/mol. The van der Waals surface area contributed by atoms with Crippen molar-refractivity contribution in [3.05, 3.63) is 29.8 Å². The molecule has 1 heterocycles. The van der Waals surface area contributed by atoms with Crippen molar-refractivity contribution in [2.45, 2.75) is 0 Å². The lowest BCUT2D eigenvalue weighted by Crippen LogP contribution is -2.25. The van der Waals surface area contributed by atoms with Crippen LogP contribution in [0.3, 0.4) is 0 Å². The highest BCUT2D eigenvalue weighted by Gasteiger charge is 2.15. The van der Waals surface area contributed by atoms with Crippen molar-refractivity contribution in [1.82, 2.24) is 5.32 Å². The summed E-state index contributed by atoms with van der Waals surface area (Å²) in [6.07, 6.45) is 4.04.